The molecule has 1 aliphatic carbocycles. The molecule has 1 saturated carbocycles. The zero-order valence-corrected chi connectivity index (χ0v) is 12.2. The molecule has 4 nitrogen and oxygen atoms in total. The summed E-state index contributed by atoms with van der Waals surface area (Å²) < 4.78 is 4.65. The molecule has 2 rings (SSSR count). The van der Waals surface area contributed by atoms with Crippen LogP contribution in [-0.4, -0.2) is 25.0 Å². The molecule has 4 heteroatoms. The van der Waals surface area contributed by atoms with E-state index in [4.69, 9.17) is 0 Å². The van der Waals surface area contributed by atoms with Gasteiger partial charge in [-0.25, -0.2) is 4.79 Å². The summed E-state index contributed by atoms with van der Waals surface area (Å²) >= 11 is 0. The van der Waals surface area contributed by atoms with Gasteiger partial charge in [-0.2, -0.15) is 0 Å². The standard InChI is InChI=1S/C16H21NO3/c1-11-6-4-7-13(10-11)16(8-5-9-16)15(19)17-12(2)14(18)20-3/h4,6-7,10,12H,5,8-9H2,1-3H3,(H,17,19). The highest BCUT2D eigenvalue weighted by atomic mass is 16.5. The zero-order valence-electron chi connectivity index (χ0n) is 12.2. The van der Waals surface area contributed by atoms with Crippen molar-refractivity contribution < 1.29 is 14.3 Å². The molecular weight excluding hydrogens is 254 g/mol. The Hall–Kier alpha value is -1.84. The maximum absolute atomic E-state index is 12.6. The molecule has 0 bridgehead atoms. The van der Waals surface area contributed by atoms with Crippen LogP contribution < -0.4 is 5.32 Å². The van der Waals surface area contributed by atoms with E-state index in [0.29, 0.717) is 0 Å². The maximum atomic E-state index is 12.6. The second-order valence-corrected chi connectivity index (χ2v) is 5.52. The lowest BCUT2D eigenvalue weighted by molar-refractivity contribution is -0.145. The fraction of sp³-hybridized carbons (Fsp3) is 0.500. The summed E-state index contributed by atoms with van der Waals surface area (Å²) in [5, 5.41) is 2.78. The van der Waals surface area contributed by atoms with Crippen molar-refractivity contribution in [1.82, 2.24) is 5.32 Å². The van der Waals surface area contributed by atoms with Crippen molar-refractivity contribution in [3.63, 3.8) is 0 Å². The van der Waals surface area contributed by atoms with Crippen molar-refractivity contribution in [3.8, 4) is 0 Å². The third kappa shape index (κ3) is 2.55. The number of benzene rings is 1. The molecule has 1 aromatic carbocycles. The van der Waals surface area contributed by atoms with E-state index in [1.807, 2.05) is 25.1 Å². The van der Waals surface area contributed by atoms with Gasteiger partial charge >= 0.3 is 5.97 Å². The van der Waals surface area contributed by atoms with Crippen molar-refractivity contribution in [2.24, 2.45) is 0 Å². The van der Waals surface area contributed by atoms with Gasteiger partial charge in [0.2, 0.25) is 5.91 Å². The molecule has 0 spiro atoms. The van der Waals surface area contributed by atoms with E-state index in [1.54, 1.807) is 6.92 Å². The molecule has 108 valence electrons. The first kappa shape index (κ1) is 14.6. The highest BCUT2D eigenvalue weighted by Crippen LogP contribution is 2.44. The second kappa shape index (κ2) is 5.65. The van der Waals surface area contributed by atoms with Crippen LogP contribution in [0.1, 0.15) is 37.3 Å². The van der Waals surface area contributed by atoms with Crippen LogP contribution in [0, 0.1) is 6.92 Å². The number of hydrogen-bond acceptors (Lipinski definition) is 3. The van der Waals surface area contributed by atoms with E-state index in [2.05, 4.69) is 16.1 Å². The smallest absolute Gasteiger partial charge is 0.328 e. The van der Waals surface area contributed by atoms with Gasteiger partial charge in [-0.1, -0.05) is 36.2 Å². The minimum absolute atomic E-state index is 0.0766. The number of amides is 1. The average molecular weight is 275 g/mol. The molecule has 1 atom stereocenters. The van der Waals surface area contributed by atoms with Crippen LogP contribution in [0.5, 0.6) is 0 Å². The number of ether oxygens (including phenoxy) is 1. The summed E-state index contributed by atoms with van der Waals surface area (Å²) in [6, 6.07) is 7.43. The zero-order chi connectivity index (χ0) is 14.8. The molecule has 0 aromatic heterocycles. The monoisotopic (exact) mass is 275 g/mol. The Labute approximate surface area is 119 Å². The maximum Gasteiger partial charge on any atom is 0.328 e. The van der Waals surface area contributed by atoms with Gasteiger partial charge in [0.15, 0.2) is 0 Å². The van der Waals surface area contributed by atoms with Crippen molar-refractivity contribution in [2.45, 2.75) is 44.6 Å². The van der Waals surface area contributed by atoms with Crippen LogP contribution in [0.2, 0.25) is 0 Å². The van der Waals surface area contributed by atoms with E-state index in [-0.39, 0.29) is 5.91 Å². The lowest BCUT2D eigenvalue weighted by Gasteiger charge is -2.41. The van der Waals surface area contributed by atoms with Gasteiger partial charge in [0.05, 0.1) is 12.5 Å². The summed E-state index contributed by atoms with van der Waals surface area (Å²) in [5.41, 5.74) is 1.70. The summed E-state index contributed by atoms with van der Waals surface area (Å²) in [7, 11) is 1.32. The first-order valence-corrected chi connectivity index (χ1v) is 6.95. The van der Waals surface area contributed by atoms with Crippen LogP contribution in [0.3, 0.4) is 0 Å². The van der Waals surface area contributed by atoms with Crippen LogP contribution in [0.15, 0.2) is 24.3 Å². The van der Waals surface area contributed by atoms with Crippen LogP contribution in [-0.2, 0) is 19.7 Å². The SMILES string of the molecule is COC(=O)C(C)NC(=O)C1(c2cccc(C)c2)CCC1. The Balaban J connectivity index is 2.19. The molecule has 1 fully saturated rings. The third-order valence-corrected chi connectivity index (χ3v) is 4.11. The quantitative estimate of drug-likeness (QED) is 0.856. The van der Waals surface area contributed by atoms with Crippen molar-refractivity contribution in [3.05, 3.63) is 35.4 Å². The van der Waals surface area contributed by atoms with Gasteiger partial charge in [-0.05, 0) is 32.3 Å². The highest BCUT2D eigenvalue weighted by Gasteiger charge is 2.46. The van der Waals surface area contributed by atoms with E-state index in [0.717, 1.165) is 30.4 Å². The van der Waals surface area contributed by atoms with Crippen molar-refractivity contribution in [1.29, 1.82) is 0 Å². The molecular formula is C16H21NO3. The van der Waals surface area contributed by atoms with E-state index in [1.165, 1.54) is 7.11 Å². The first-order chi connectivity index (χ1) is 9.49. The average Bonchev–Trinajstić information content (AvgIpc) is 2.36. The summed E-state index contributed by atoms with van der Waals surface area (Å²) in [6.45, 7) is 3.66. The number of rotatable bonds is 4. The van der Waals surface area contributed by atoms with E-state index >= 15 is 0 Å². The predicted molar refractivity (Wildman–Crippen MR) is 76.3 cm³/mol. The van der Waals surface area contributed by atoms with Gasteiger partial charge in [-0.3, -0.25) is 4.79 Å². The fourth-order valence-corrected chi connectivity index (χ4v) is 2.69. The van der Waals surface area contributed by atoms with Gasteiger partial charge in [-0.15, -0.1) is 0 Å². The van der Waals surface area contributed by atoms with Gasteiger partial charge in [0.25, 0.3) is 0 Å². The largest absolute Gasteiger partial charge is 0.467 e. The molecule has 0 radical (unpaired) electrons. The molecule has 0 saturated heterocycles. The number of carbonyl (C=O) groups is 2. The lowest BCUT2D eigenvalue weighted by Crippen LogP contribution is -2.53. The van der Waals surface area contributed by atoms with Gasteiger partial charge in [0.1, 0.15) is 6.04 Å². The van der Waals surface area contributed by atoms with Gasteiger partial charge < -0.3 is 10.1 Å². The number of hydrogen-bond donors (Lipinski definition) is 1. The molecule has 1 aliphatic rings. The fourth-order valence-electron chi connectivity index (χ4n) is 2.69. The van der Waals surface area contributed by atoms with E-state index < -0.39 is 17.4 Å². The minimum atomic E-state index is -0.616. The van der Waals surface area contributed by atoms with Crippen molar-refractivity contribution >= 4 is 11.9 Å². The summed E-state index contributed by atoms with van der Waals surface area (Å²) in [5.74, 6) is -0.496. The Kier molecular flexibility index (Phi) is 4.12. The van der Waals surface area contributed by atoms with E-state index in [9.17, 15) is 9.59 Å². The molecule has 0 aliphatic heterocycles. The highest BCUT2D eigenvalue weighted by molar-refractivity contribution is 5.92. The van der Waals surface area contributed by atoms with Crippen LogP contribution in [0.25, 0.3) is 0 Å². The Bertz CT molecular complexity index is 520. The Morgan fingerprint density at radius 1 is 1.35 bits per heavy atom. The predicted octanol–water partition coefficient (Wildman–Crippen LogP) is 2.09. The number of nitrogens with one attached hydrogen (secondary N) is 1. The summed E-state index contributed by atoms with van der Waals surface area (Å²) in [4.78, 5) is 24.0. The lowest BCUT2D eigenvalue weighted by atomic mass is 9.63. The van der Waals surface area contributed by atoms with Crippen molar-refractivity contribution in [2.75, 3.05) is 7.11 Å². The second-order valence-electron chi connectivity index (χ2n) is 5.52. The topological polar surface area (TPSA) is 55.4 Å². The van der Waals surface area contributed by atoms with Crippen LogP contribution in [0.4, 0.5) is 0 Å². The molecule has 0 heterocycles. The molecule has 1 N–H and O–H groups in total. The summed E-state index contributed by atoms with van der Waals surface area (Å²) in [6.07, 6.45) is 2.69. The molecule has 1 amide bonds. The molecule has 1 unspecified atom stereocenters. The number of methoxy groups -OCH3 is 1. The van der Waals surface area contributed by atoms with Crippen LogP contribution >= 0.6 is 0 Å². The first-order valence-electron chi connectivity index (χ1n) is 6.95. The Morgan fingerprint density at radius 2 is 2.05 bits per heavy atom. The third-order valence-electron chi connectivity index (χ3n) is 4.11. The molecule has 1 aromatic rings. The number of aryl methyl sites for hydroxylation is 1. The normalized spacial score (nSPS) is 17.8. The number of esters is 1. The Morgan fingerprint density at radius 3 is 2.55 bits per heavy atom. The molecule has 20 heavy (non-hydrogen) atoms. The minimum Gasteiger partial charge on any atom is -0.467 e. The van der Waals surface area contributed by atoms with Gasteiger partial charge in [0, 0.05) is 0 Å². The number of carbonyl (C=O) groups excluding carboxylic acids is 2.